The average Bonchev–Trinajstić information content (AvgIpc) is 2.95. The van der Waals surface area contributed by atoms with Gasteiger partial charge in [-0.1, -0.05) is 0 Å². The van der Waals surface area contributed by atoms with Gasteiger partial charge in [0.2, 0.25) is 0 Å². The number of ether oxygens (including phenoxy) is 2. The van der Waals surface area contributed by atoms with E-state index in [0.29, 0.717) is 5.56 Å². The minimum Gasteiger partial charge on any atom is -0.465 e. The number of aromatic nitrogens is 3. The lowest BCUT2D eigenvalue weighted by atomic mass is 10.3. The van der Waals surface area contributed by atoms with Crippen molar-refractivity contribution in [1.29, 1.82) is 0 Å². The number of morpholine rings is 1. The van der Waals surface area contributed by atoms with Crippen molar-refractivity contribution in [2.45, 2.75) is 6.42 Å². The highest BCUT2D eigenvalue weighted by molar-refractivity contribution is 5.89. The van der Waals surface area contributed by atoms with E-state index in [1.165, 1.54) is 7.11 Å². The van der Waals surface area contributed by atoms with Crippen molar-refractivity contribution >= 4 is 11.6 Å². The first-order chi connectivity index (χ1) is 10.3. The zero-order valence-corrected chi connectivity index (χ0v) is 12.0. The zero-order valence-electron chi connectivity index (χ0n) is 12.0. The van der Waals surface area contributed by atoms with Gasteiger partial charge in [-0.15, -0.1) is 0 Å². The lowest BCUT2D eigenvalue weighted by molar-refractivity contribution is 0.0382. The van der Waals surface area contributed by atoms with Crippen molar-refractivity contribution in [3.05, 3.63) is 29.7 Å². The fraction of sp³-hybridized carbons (Fsp3) is 0.500. The van der Waals surface area contributed by atoms with Gasteiger partial charge in [0.15, 0.2) is 11.5 Å². The van der Waals surface area contributed by atoms with Crippen molar-refractivity contribution in [2.24, 2.45) is 0 Å². The van der Waals surface area contributed by atoms with Crippen molar-refractivity contribution in [2.75, 3.05) is 40.0 Å². The number of pyridine rings is 1. The van der Waals surface area contributed by atoms with Crippen LogP contribution in [-0.2, 0) is 15.9 Å². The quantitative estimate of drug-likeness (QED) is 0.759. The number of rotatable bonds is 4. The van der Waals surface area contributed by atoms with Crippen LogP contribution < -0.4 is 0 Å². The molecule has 3 rings (SSSR count). The Labute approximate surface area is 122 Å². The first kappa shape index (κ1) is 14.0. The molecule has 0 amide bonds. The SMILES string of the molecule is COC(=O)c1ccc2nc(CCN3CCOCC3)nn2c1. The maximum absolute atomic E-state index is 11.5. The van der Waals surface area contributed by atoms with Gasteiger partial charge in [-0.05, 0) is 12.1 Å². The summed E-state index contributed by atoms with van der Waals surface area (Å²) in [4.78, 5) is 18.3. The zero-order chi connectivity index (χ0) is 14.7. The Morgan fingerprint density at radius 3 is 2.95 bits per heavy atom. The van der Waals surface area contributed by atoms with E-state index in [2.05, 4.69) is 15.0 Å². The predicted octanol–water partition coefficient (Wildman–Crippen LogP) is 0.391. The Morgan fingerprint density at radius 1 is 1.38 bits per heavy atom. The molecule has 7 nitrogen and oxygen atoms in total. The van der Waals surface area contributed by atoms with Crippen LogP contribution in [0.5, 0.6) is 0 Å². The number of esters is 1. The molecule has 2 aromatic rings. The molecule has 1 saturated heterocycles. The molecule has 0 atom stereocenters. The summed E-state index contributed by atoms with van der Waals surface area (Å²) in [6.45, 7) is 4.42. The van der Waals surface area contributed by atoms with Crippen molar-refractivity contribution < 1.29 is 14.3 Å². The van der Waals surface area contributed by atoms with Crippen molar-refractivity contribution in [3.63, 3.8) is 0 Å². The molecule has 112 valence electrons. The largest absolute Gasteiger partial charge is 0.465 e. The molecule has 3 heterocycles. The van der Waals surface area contributed by atoms with Crippen LogP contribution in [0.1, 0.15) is 16.2 Å². The summed E-state index contributed by atoms with van der Waals surface area (Å²) in [7, 11) is 1.36. The van der Waals surface area contributed by atoms with E-state index in [4.69, 9.17) is 9.47 Å². The van der Waals surface area contributed by atoms with Crippen LogP contribution in [0.3, 0.4) is 0 Å². The van der Waals surface area contributed by atoms with Gasteiger partial charge < -0.3 is 9.47 Å². The summed E-state index contributed by atoms with van der Waals surface area (Å²) in [6.07, 6.45) is 2.43. The van der Waals surface area contributed by atoms with E-state index in [0.717, 1.165) is 50.7 Å². The van der Waals surface area contributed by atoms with Gasteiger partial charge in [0.05, 0.1) is 25.9 Å². The molecular weight excluding hydrogens is 272 g/mol. The first-order valence-electron chi connectivity index (χ1n) is 7.00. The Balaban J connectivity index is 1.70. The van der Waals surface area contributed by atoms with Crippen molar-refractivity contribution in [1.82, 2.24) is 19.5 Å². The molecule has 0 saturated carbocycles. The van der Waals surface area contributed by atoms with Gasteiger partial charge in [-0.25, -0.2) is 14.3 Å². The molecule has 1 fully saturated rings. The second kappa shape index (κ2) is 6.19. The summed E-state index contributed by atoms with van der Waals surface area (Å²) in [6, 6.07) is 3.47. The van der Waals surface area contributed by atoms with Crippen LogP contribution in [0.25, 0.3) is 5.65 Å². The van der Waals surface area contributed by atoms with Crippen LogP contribution in [0, 0.1) is 0 Å². The van der Waals surface area contributed by atoms with Gasteiger partial charge in [0.1, 0.15) is 0 Å². The van der Waals surface area contributed by atoms with Crippen LogP contribution in [-0.4, -0.2) is 65.4 Å². The molecule has 0 spiro atoms. The lowest BCUT2D eigenvalue weighted by Gasteiger charge is -2.25. The molecule has 1 aliphatic heterocycles. The second-order valence-electron chi connectivity index (χ2n) is 4.94. The van der Waals surface area contributed by atoms with Gasteiger partial charge in [-0.3, -0.25) is 4.90 Å². The number of carbonyl (C=O) groups is 1. The lowest BCUT2D eigenvalue weighted by Crippen LogP contribution is -2.37. The molecule has 7 heteroatoms. The molecule has 0 radical (unpaired) electrons. The molecule has 0 aromatic carbocycles. The third-order valence-electron chi connectivity index (χ3n) is 3.55. The number of hydrogen-bond donors (Lipinski definition) is 0. The van der Waals surface area contributed by atoms with E-state index in [-0.39, 0.29) is 5.97 Å². The van der Waals surface area contributed by atoms with Crippen LogP contribution in [0.4, 0.5) is 0 Å². The highest BCUT2D eigenvalue weighted by atomic mass is 16.5. The predicted molar refractivity (Wildman–Crippen MR) is 75.3 cm³/mol. The summed E-state index contributed by atoms with van der Waals surface area (Å²) < 4.78 is 11.7. The topological polar surface area (TPSA) is 69.0 Å². The van der Waals surface area contributed by atoms with E-state index >= 15 is 0 Å². The third kappa shape index (κ3) is 3.20. The highest BCUT2D eigenvalue weighted by Crippen LogP contribution is 2.07. The fourth-order valence-corrected chi connectivity index (χ4v) is 2.36. The summed E-state index contributed by atoms with van der Waals surface area (Å²) in [5, 5.41) is 4.41. The van der Waals surface area contributed by atoms with E-state index in [9.17, 15) is 4.79 Å². The highest BCUT2D eigenvalue weighted by Gasteiger charge is 2.13. The summed E-state index contributed by atoms with van der Waals surface area (Å²) >= 11 is 0. The second-order valence-corrected chi connectivity index (χ2v) is 4.94. The molecule has 1 aliphatic rings. The minimum absolute atomic E-state index is 0.373. The maximum atomic E-state index is 11.5. The first-order valence-corrected chi connectivity index (χ1v) is 7.00. The smallest absolute Gasteiger partial charge is 0.339 e. The fourth-order valence-electron chi connectivity index (χ4n) is 2.36. The normalized spacial score (nSPS) is 16.2. The van der Waals surface area contributed by atoms with Gasteiger partial charge in [0.25, 0.3) is 0 Å². The van der Waals surface area contributed by atoms with Crippen molar-refractivity contribution in [3.8, 4) is 0 Å². The number of hydrogen-bond acceptors (Lipinski definition) is 6. The molecule has 0 N–H and O–H groups in total. The summed E-state index contributed by atoms with van der Waals surface area (Å²) in [5.41, 5.74) is 1.20. The van der Waals surface area contributed by atoms with E-state index in [1.807, 2.05) is 0 Å². The molecule has 21 heavy (non-hydrogen) atoms. The Hall–Kier alpha value is -1.99. The average molecular weight is 290 g/mol. The monoisotopic (exact) mass is 290 g/mol. The van der Waals surface area contributed by atoms with Crippen LogP contribution >= 0.6 is 0 Å². The van der Waals surface area contributed by atoms with Crippen LogP contribution in [0.2, 0.25) is 0 Å². The summed E-state index contributed by atoms with van der Waals surface area (Å²) in [5.74, 6) is 0.408. The molecule has 2 aromatic heterocycles. The molecule has 0 unspecified atom stereocenters. The molecule has 0 aliphatic carbocycles. The van der Waals surface area contributed by atoms with E-state index < -0.39 is 0 Å². The third-order valence-corrected chi connectivity index (χ3v) is 3.55. The van der Waals surface area contributed by atoms with Gasteiger partial charge in [0, 0.05) is 32.3 Å². The number of methoxy groups -OCH3 is 1. The number of fused-ring (bicyclic) bond motifs is 1. The molecular formula is C14H18N4O3. The van der Waals surface area contributed by atoms with Crippen LogP contribution in [0.15, 0.2) is 18.3 Å². The number of carbonyl (C=O) groups excluding carboxylic acids is 1. The Morgan fingerprint density at radius 2 is 2.19 bits per heavy atom. The van der Waals surface area contributed by atoms with E-state index in [1.54, 1.807) is 22.8 Å². The Bertz CT molecular complexity index is 634. The Kier molecular flexibility index (Phi) is 4.12. The maximum Gasteiger partial charge on any atom is 0.339 e. The minimum atomic E-state index is -0.373. The number of nitrogens with zero attached hydrogens (tertiary/aromatic N) is 4. The van der Waals surface area contributed by atoms with Gasteiger partial charge >= 0.3 is 5.97 Å². The van der Waals surface area contributed by atoms with Gasteiger partial charge in [-0.2, -0.15) is 5.10 Å². The standard InChI is InChI=1S/C14H18N4O3/c1-20-14(19)11-2-3-13-15-12(16-18(13)10-11)4-5-17-6-8-21-9-7-17/h2-3,10H,4-9H2,1H3. The molecule has 0 bridgehead atoms.